The van der Waals surface area contributed by atoms with E-state index in [1.165, 1.54) is 16.7 Å². The highest BCUT2D eigenvalue weighted by molar-refractivity contribution is 6.10. The number of hydrogen-bond donors (Lipinski definition) is 3. The van der Waals surface area contributed by atoms with Crippen molar-refractivity contribution in [2.75, 3.05) is 31.6 Å². The van der Waals surface area contributed by atoms with Crippen LogP contribution in [0.25, 0.3) is 23.1 Å². The molecule has 2 atom stereocenters. The number of nitrogens with one attached hydrogen (secondary N) is 2. The number of aromatic nitrogens is 2. The van der Waals surface area contributed by atoms with Crippen LogP contribution in [-0.4, -0.2) is 64.6 Å². The van der Waals surface area contributed by atoms with Gasteiger partial charge in [-0.3, -0.25) is 14.8 Å². The Morgan fingerprint density at radius 3 is 2.52 bits per heavy atom. The van der Waals surface area contributed by atoms with E-state index in [1.54, 1.807) is 0 Å². The van der Waals surface area contributed by atoms with E-state index in [1.807, 2.05) is 6.07 Å². The van der Waals surface area contributed by atoms with Gasteiger partial charge in [0.05, 0.1) is 29.8 Å². The molecule has 1 spiro atoms. The zero-order valence-electron chi connectivity index (χ0n) is 23.9. The largest absolute Gasteiger partial charge is 0.490 e. The minimum absolute atomic E-state index is 0.127. The van der Waals surface area contributed by atoms with E-state index in [0.717, 1.165) is 72.7 Å². The summed E-state index contributed by atoms with van der Waals surface area (Å²) in [4.78, 5) is 24.3. The van der Waals surface area contributed by atoms with E-state index in [4.69, 9.17) is 14.6 Å². The van der Waals surface area contributed by atoms with E-state index in [-0.39, 0.29) is 11.8 Å². The average molecular weight is 605 g/mol. The molecule has 8 nitrogen and oxygen atoms in total. The molecule has 3 heterocycles. The van der Waals surface area contributed by atoms with Crippen LogP contribution in [0.2, 0.25) is 0 Å². The lowest BCUT2D eigenvalue weighted by molar-refractivity contribution is -0.192. The zero-order valence-corrected chi connectivity index (χ0v) is 23.9. The Bertz CT molecular complexity index is 1740. The second-order valence-corrected chi connectivity index (χ2v) is 11.4. The Kier molecular flexibility index (Phi) is 7.77. The van der Waals surface area contributed by atoms with Gasteiger partial charge in [-0.2, -0.15) is 18.3 Å². The van der Waals surface area contributed by atoms with Crippen LogP contribution in [0, 0.1) is 6.92 Å². The number of aromatic amines is 1. The highest BCUT2D eigenvalue weighted by Crippen LogP contribution is 2.65. The lowest BCUT2D eigenvalue weighted by atomic mass is 9.91. The molecular weight excluding hydrogens is 573 g/mol. The van der Waals surface area contributed by atoms with Gasteiger partial charge >= 0.3 is 12.1 Å². The molecule has 11 heteroatoms. The van der Waals surface area contributed by atoms with Crippen molar-refractivity contribution in [3.05, 3.63) is 94.2 Å². The van der Waals surface area contributed by atoms with E-state index >= 15 is 0 Å². The number of hydrogen-bond acceptors (Lipinski definition) is 5. The molecule has 0 radical (unpaired) electrons. The van der Waals surface area contributed by atoms with Crippen LogP contribution in [0.15, 0.2) is 60.7 Å². The summed E-state index contributed by atoms with van der Waals surface area (Å²) in [5, 5.41) is 19.1. The molecule has 2 fully saturated rings. The Balaban J connectivity index is 0.000000441. The number of morpholine rings is 1. The minimum Gasteiger partial charge on any atom is -0.475 e. The number of nitrogens with zero attached hydrogens (tertiary/aromatic N) is 2. The molecule has 3 aliphatic rings. The molecule has 0 bridgehead atoms. The topological polar surface area (TPSA) is 108 Å². The van der Waals surface area contributed by atoms with Crippen LogP contribution in [0.1, 0.15) is 45.8 Å². The van der Waals surface area contributed by atoms with Crippen LogP contribution < -0.4 is 5.32 Å². The molecule has 1 amide bonds. The highest BCUT2D eigenvalue weighted by Gasteiger charge is 2.65. The third kappa shape index (κ3) is 5.85. The summed E-state index contributed by atoms with van der Waals surface area (Å²) in [5.41, 5.74) is 8.45. The quantitative estimate of drug-likeness (QED) is 0.263. The van der Waals surface area contributed by atoms with E-state index < -0.39 is 17.6 Å². The van der Waals surface area contributed by atoms with Crippen LogP contribution in [0.3, 0.4) is 0 Å². The number of aliphatic carboxylic acids is 1. The van der Waals surface area contributed by atoms with Crippen molar-refractivity contribution in [3.8, 4) is 0 Å². The van der Waals surface area contributed by atoms with Gasteiger partial charge in [0.25, 0.3) is 0 Å². The molecule has 1 saturated carbocycles. The number of carbonyl (C=O) groups excluding carboxylic acids is 1. The second-order valence-electron chi connectivity index (χ2n) is 11.4. The molecule has 4 aromatic rings. The highest BCUT2D eigenvalue weighted by atomic mass is 19.4. The monoisotopic (exact) mass is 604 g/mol. The summed E-state index contributed by atoms with van der Waals surface area (Å²) in [6, 6.07) is 21.5. The number of fused-ring (bicyclic) bond motifs is 3. The molecule has 1 saturated heterocycles. The number of amides is 1. The SMILES string of the molecule is Cc1ccc2c(c1)[C@]1(C[C@H]1c1ccc3c(C=Cc4ccc(CN5CCOCC5)cc4)n[nH]c3c1)C(=O)N2.O=C(O)C(F)(F)F. The normalized spacial score (nSPS) is 21.3. The van der Waals surface area contributed by atoms with E-state index in [2.05, 4.69) is 94.1 Å². The summed E-state index contributed by atoms with van der Waals surface area (Å²) in [7, 11) is 0. The Hall–Kier alpha value is -4.48. The van der Waals surface area contributed by atoms with Crippen molar-refractivity contribution in [2.24, 2.45) is 0 Å². The average Bonchev–Trinajstić information content (AvgIpc) is 3.55. The fourth-order valence-corrected chi connectivity index (χ4v) is 6.04. The predicted octanol–water partition coefficient (Wildman–Crippen LogP) is 5.88. The van der Waals surface area contributed by atoms with Gasteiger partial charge in [-0.1, -0.05) is 60.2 Å². The van der Waals surface area contributed by atoms with Crippen molar-refractivity contribution in [1.82, 2.24) is 15.1 Å². The lowest BCUT2D eigenvalue weighted by Gasteiger charge is -2.26. The number of rotatable bonds is 5. The van der Waals surface area contributed by atoms with Crippen molar-refractivity contribution in [3.63, 3.8) is 0 Å². The molecule has 44 heavy (non-hydrogen) atoms. The number of alkyl halides is 3. The van der Waals surface area contributed by atoms with Gasteiger partial charge in [0.1, 0.15) is 0 Å². The summed E-state index contributed by atoms with van der Waals surface area (Å²) in [6.07, 6.45) is -0.0547. The van der Waals surface area contributed by atoms with Crippen molar-refractivity contribution in [1.29, 1.82) is 0 Å². The molecule has 3 aromatic carbocycles. The number of ether oxygens (including phenoxy) is 1. The Morgan fingerprint density at radius 2 is 1.82 bits per heavy atom. The maximum atomic E-state index is 13.0. The first-order chi connectivity index (χ1) is 21.0. The number of halogens is 3. The first-order valence-electron chi connectivity index (χ1n) is 14.3. The van der Waals surface area contributed by atoms with Crippen LogP contribution in [0.5, 0.6) is 0 Å². The standard InChI is InChI=1S/C31H30N4O2.C2HF3O2/c1-20-2-10-28-25(16-20)31(30(36)32-28)18-26(31)23-8-9-24-27(33-34-29(24)17-23)11-7-21-3-5-22(6-4-21)19-35-12-14-37-15-13-35;3-2(4,5)1(6)7/h2-11,16-17,26H,12-15,18-19H2,1H3,(H,32,36)(H,33,34);(H,6,7)/t26-,31-;/m0./s1. The number of carbonyl (C=O) groups is 2. The first-order valence-corrected chi connectivity index (χ1v) is 14.3. The molecule has 1 aliphatic carbocycles. The Morgan fingerprint density at radius 1 is 1.09 bits per heavy atom. The number of anilines is 1. The van der Waals surface area contributed by atoms with Gasteiger partial charge < -0.3 is 15.2 Å². The number of carboxylic acids is 1. The summed E-state index contributed by atoms with van der Waals surface area (Å²) in [5.74, 6) is -2.44. The summed E-state index contributed by atoms with van der Waals surface area (Å²) in [6.45, 7) is 6.69. The Labute approximate surface area is 251 Å². The molecule has 7 rings (SSSR count). The number of H-pyrrole nitrogens is 1. The lowest BCUT2D eigenvalue weighted by Crippen LogP contribution is -2.35. The second kappa shape index (κ2) is 11.5. The van der Waals surface area contributed by atoms with Crippen LogP contribution in [-0.2, 0) is 26.3 Å². The first kappa shape index (κ1) is 29.6. The number of carboxylic acid groups (broad SMARTS) is 1. The third-order valence-corrected chi connectivity index (χ3v) is 8.45. The number of aryl methyl sites for hydroxylation is 1. The summed E-state index contributed by atoms with van der Waals surface area (Å²) >= 11 is 0. The van der Waals surface area contributed by atoms with Crippen molar-refractivity contribution in [2.45, 2.75) is 37.4 Å². The third-order valence-electron chi connectivity index (χ3n) is 8.45. The molecule has 228 valence electrons. The van der Waals surface area contributed by atoms with Gasteiger partial charge in [-0.25, -0.2) is 4.79 Å². The molecule has 2 aliphatic heterocycles. The number of benzene rings is 3. The molecular formula is C33H31F3N4O4. The predicted molar refractivity (Wildman–Crippen MR) is 160 cm³/mol. The van der Waals surface area contributed by atoms with E-state index in [9.17, 15) is 18.0 Å². The van der Waals surface area contributed by atoms with Gasteiger partial charge in [0.2, 0.25) is 5.91 Å². The fraction of sp³-hybridized carbons (Fsp3) is 0.303. The molecule has 1 aromatic heterocycles. The molecule has 3 N–H and O–H groups in total. The van der Waals surface area contributed by atoms with Gasteiger partial charge in [0, 0.05) is 36.6 Å². The zero-order chi connectivity index (χ0) is 31.1. The van der Waals surface area contributed by atoms with Gasteiger partial charge in [0.15, 0.2) is 0 Å². The summed E-state index contributed by atoms with van der Waals surface area (Å²) < 4.78 is 37.2. The van der Waals surface area contributed by atoms with Gasteiger partial charge in [-0.15, -0.1) is 0 Å². The van der Waals surface area contributed by atoms with Gasteiger partial charge in [-0.05, 0) is 53.8 Å². The van der Waals surface area contributed by atoms with E-state index in [0.29, 0.717) is 0 Å². The fourth-order valence-electron chi connectivity index (χ4n) is 6.04. The van der Waals surface area contributed by atoms with Crippen molar-refractivity contribution < 1.29 is 32.6 Å². The van der Waals surface area contributed by atoms with Crippen LogP contribution in [0.4, 0.5) is 18.9 Å². The smallest absolute Gasteiger partial charge is 0.475 e. The van der Waals surface area contributed by atoms with Crippen LogP contribution >= 0.6 is 0 Å². The molecule has 0 unspecified atom stereocenters. The maximum Gasteiger partial charge on any atom is 0.490 e. The van der Waals surface area contributed by atoms with Crippen molar-refractivity contribution >= 4 is 40.6 Å². The minimum atomic E-state index is -5.08. The maximum absolute atomic E-state index is 13.0.